The smallest absolute Gasteiger partial charge is 0.0109 e. The molecule has 0 aliphatic carbocycles. The van der Waals surface area contributed by atoms with Crippen molar-refractivity contribution in [1.29, 1.82) is 0 Å². The summed E-state index contributed by atoms with van der Waals surface area (Å²) in [4.78, 5) is 7.50. The maximum atomic E-state index is 2.51. The highest BCUT2D eigenvalue weighted by molar-refractivity contribution is 4.69. The molecule has 0 N–H and O–H groups in total. The van der Waals surface area contributed by atoms with Gasteiger partial charge in [0.15, 0.2) is 0 Å². The van der Waals surface area contributed by atoms with Crippen molar-refractivity contribution in [1.82, 2.24) is 14.7 Å². The van der Waals surface area contributed by atoms with E-state index in [0.717, 1.165) is 12.1 Å². The minimum Gasteiger partial charge on any atom is -0.304 e. The Morgan fingerprint density at radius 3 is 1.10 bits per heavy atom. The van der Waals surface area contributed by atoms with Crippen LogP contribution in [0.15, 0.2) is 0 Å². The molecule has 0 saturated heterocycles. The normalized spacial score (nSPS) is 12.6. The Bertz CT molecular complexity index is 190. The molecule has 0 amide bonds. The molecule has 0 unspecified atom stereocenters. The number of likely N-dealkylation sites (N-methyl/N-ethyl adjacent to an activating group) is 3. The highest BCUT2D eigenvalue weighted by Crippen LogP contribution is 2.07. The van der Waals surface area contributed by atoms with Crippen molar-refractivity contribution in [2.24, 2.45) is 0 Å². The quantitative estimate of drug-likeness (QED) is 0.545. The van der Waals surface area contributed by atoms with Gasteiger partial charge in [-0.3, -0.25) is 0 Å². The van der Waals surface area contributed by atoms with Crippen LogP contribution in [0.4, 0.5) is 0 Å². The Kier molecular flexibility index (Phi) is 11.5. The largest absolute Gasteiger partial charge is 0.304 e. The lowest BCUT2D eigenvalue weighted by atomic mass is 10.1. The number of hydrogen-bond donors (Lipinski definition) is 0. The molecule has 0 rings (SSSR count). The van der Waals surface area contributed by atoms with E-state index in [2.05, 4.69) is 63.5 Å². The van der Waals surface area contributed by atoms with Crippen molar-refractivity contribution in [3.63, 3.8) is 0 Å². The predicted octanol–water partition coefficient (Wildman–Crippen LogP) is 3.16. The van der Waals surface area contributed by atoms with E-state index in [1.54, 1.807) is 0 Å². The number of rotatable bonds is 12. The van der Waals surface area contributed by atoms with E-state index in [-0.39, 0.29) is 0 Å². The maximum Gasteiger partial charge on any atom is 0.0109 e. The summed E-state index contributed by atoms with van der Waals surface area (Å²) in [6.07, 6.45) is 5.03. The topological polar surface area (TPSA) is 9.72 Å². The maximum absolute atomic E-state index is 2.51. The van der Waals surface area contributed by atoms with Crippen LogP contribution in [-0.2, 0) is 0 Å². The fraction of sp³-hybridized carbons (Fsp3) is 1.00. The summed E-state index contributed by atoms with van der Waals surface area (Å²) >= 11 is 0. The summed E-state index contributed by atoms with van der Waals surface area (Å²) in [5.41, 5.74) is 0. The molecule has 0 saturated carbocycles. The van der Waals surface area contributed by atoms with Crippen molar-refractivity contribution in [3.8, 4) is 0 Å². The van der Waals surface area contributed by atoms with Gasteiger partial charge >= 0.3 is 0 Å². The Labute approximate surface area is 128 Å². The van der Waals surface area contributed by atoms with Gasteiger partial charge in [0.25, 0.3) is 0 Å². The van der Waals surface area contributed by atoms with Crippen LogP contribution >= 0.6 is 0 Å². The van der Waals surface area contributed by atoms with E-state index in [1.807, 2.05) is 0 Å². The molecular weight excluding hydrogens is 246 g/mol. The van der Waals surface area contributed by atoms with Crippen LogP contribution in [0.25, 0.3) is 0 Å². The lowest BCUT2D eigenvalue weighted by molar-refractivity contribution is 0.170. The summed E-state index contributed by atoms with van der Waals surface area (Å²) in [6, 6.07) is 1.49. The predicted molar refractivity (Wildman–Crippen MR) is 91.5 cm³/mol. The third-order valence-corrected chi connectivity index (χ3v) is 4.80. The molecule has 3 nitrogen and oxygen atoms in total. The number of hydrogen-bond acceptors (Lipinski definition) is 3. The van der Waals surface area contributed by atoms with Crippen molar-refractivity contribution >= 4 is 0 Å². The lowest BCUT2D eigenvalue weighted by Gasteiger charge is -2.30. The van der Waals surface area contributed by atoms with Crippen LogP contribution in [0.1, 0.15) is 53.4 Å². The summed E-state index contributed by atoms with van der Waals surface area (Å²) < 4.78 is 0. The molecule has 0 aromatic carbocycles. The molecule has 20 heavy (non-hydrogen) atoms. The van der Waals surface area contributed by atoms with Gasteiger partial charge in [-0.25, -0.2) is 0 Å². The van der Waals surface area contributed by atoms with Crippen LogP contribution in [0.5, 0.6) is 0 Å². The van der Waals surface area contributed by atoms with E-state index in [9.17, 15) is 0 Å². The molecule has 0 spiro atoms. The molecule has 0 bridgehead atoms. The zero-order valence-corrected chi connectivity index (χ0v) is 15.2. The van der Waals surface area contributed by atoms with Crippen LogP contribution in [0.2, 0.25) is 0 Å². The Hall–Kier alpha value is -0.120. The van der Waals surface area contributed by atoms with Crippen molar-refractivity contribution in [2.45, 2.75) is 65.5 Å². The summed E-state index contributed by atoms with van der Waals surface area (Å²) in [5, 5.41) is 0. The minimum absolute atomic E-state index is 0.746. The standard InChI is InChI=1S/C17H39N3/c1-8-16(9-2)19(6)14-12-18(5)13-15-20(7)17(10-3)11-4/h16-17H,8-15H2,1-7H3. The lowest BCUT2D eigenvalue weighted by Crippen LogP contribution is -2.40. The summed E-state index contributed by atoms with van der Waals surface area (Å²) in [7, 11) is 6.78. The summed E-state index contributed by atoms with van der Waals surface area (Å²) in [6.45, 7) is 13.9. The van der Waals surface area contributed by atoms with E-state index >= 15 is 0 Å². The van der Waals surface area contributed by atoms with E-state index in [0.29, 0.717) is 0 Å². The highest BCUT2D eigenvalue weighted by Gasteiger charge is 2.13. The van der Waals surface area contributed by atoms with Gasteiger partial charge in [-0.15, -0.1) is 0 Å². The first-order chi connectivity index (χ1) is 9.49. The third kappa shape index (κ3) is 7.61. The SMILES string of the molecule is CCC(CC)N(C)CCN(C)CCN(C)C(CC)CC. The average Bonchev–Trinajstić information content (AvgIpc) is 2.45. The van der Waals surface area contributed by atoms with Crippen molar-refractivity contribution in [2.75, 3.05) is 47.3 Å². The van der Waals surface area contributed by atoms with Gasteiger partial charge < -0.3 is 14.7 Å². The van der Waals surface area contributed by atoms with Gasteiger partial charge in [0.2, 0.25) is 0 Å². The van der Waals surface area contributed by atoms with Gasteiger partial charge in [0.05, 0.1) is 0 Å². The summed E-state index contributed by atoms with van der Waals surface area (Å²) in [5.74, 6) is 0. The van der Waals surface area contributed by atoms with Gasteiger partial charge in [0, 0.05) is 38.3 Å². The van der Waals surface area contributed by atoms with Gasteiger partial charge in [-0.1, -0.05) is 27.7 Å². The fourth-order valence-electron chi connectivity index (χ4n) is 2.96. The number of nitrogens with zero attached hydrogens (tertiary/aromatic N) is 3. The van der Waals surface area contributed by atoms with Gasteiger partial charge in [-0.2, -0.15) is 0 Å². The van der Waals surface area contributed by atoms with Crippen molar-refractivity contribution < 1.29 is 0 Å². The second-order valence-corrected chi connectivity index (χ2v) is 6.21. The van der Waals surface area contributed by atoms with E-state index in [1.165, 1.54) is 51.9 Å². The first kappa shape index (κ1) is 19.9. The molecule has 0 atom stereocenters. The molecule has 0 fully saturated rings. The molecule has 3 heteroatoms. The molecule has 122 valence electrons. The van der Waals surface area contributed by atoms with Crippen LogP contribution in [0, 0.1) is 0 Å². The highest BCUT2D eigenvalue weighted by atomic mass is 15.2. The molecule has 0 heterocycles. The molecule has 0 aromatic rings. The minimum atomic E-state index is 0.746. The Morgan fingerprint density at radius 2 is 0.850 bits per heavy atom. The monoisotopic (exact) mass is 285 g/mol. The van der Waals surface area contributed by atoms with Crippen LogP contribution in [0.3, 0.4) is 0 Å². The van der Waals surface area contributed by atoms with E-state index < -0.39 is 0 Å². The zero-order chi connectivity index (χ0) is 15.5. The van der Waals surface area contributed by atoms with Crippen LogP contribution in [-0.4, -0.2) is 74.1 Å². The zero-order valence-electron chi connectivity index (χ0n) is 15.2. The first-order valence-corrected chi connectivity index (χ1v) is 8.58. The Balaban J connectivity index is 3.91. The molecule has 0 aromatic heterocycles. The average molecular weight is 286 g/mol. The van der Waals surface area contributed by atoms with Crippen LogP contribution < -0.4 is 0 Å². The Morgan fingerprint density at radius 1 is 0.550 bits per heavy atom. The fourth-order valence-corrected chi connectivity index (χ4v) is 2.96. The second kappa shape index (κ2) is 11.5. The van der Waals surface area contributed by atoms with Gasteiger partial charge in [0.1, 0.15) is 0 Å². The second-order valence-electron chi connectivity index (χ2n) is 6.21. The molecule has 0 radical (unpaired) electrons. The van der Waals surface area contributed by atoms with E-state index in [4.69, 9.17) is 0 Å². The first-order valence-electron chi connectivity index (χ1n) is 8.58. The van der Waals surface area contributed by atoms with Gasteiger partial charge in [-0.05, 0) is 46.8 Å². The molecular formula is C17H39N3. The van der Waals surface area contributed by atoms with Crippen molar-refractivity contribution in [3.05, 3.63) is 0 Å². The molecule has 0 aliphatic heterocycles. The molecule has 0 aliphatic rings. The third-order valence-electron chi connectivity index (χ3n) is 4.80.